The number of carbonyl (C=O) groups excluding carboxylic acids is 1. The summed E-state index contributed by atoms with van der Waals surface area (Å²) in [7, 11) is -2.62. The monoisotopic (exact) mass is 516 g/mol. The van der Waals surface area contributed by atoms with Crippen molar-refractivity contribution in [3.8, 4) is 16.9 Å². The number of Topliss-reactive ketones (excluding diaryl/α,β-unsaturated/α-hetero) is 1. The lowest BCUT2D eigenvalue weighted by atomic mass is 9.98. The maximum absolute atomic E-state index is 12.6. The molecule has 0 aliphatic carbocycles. The molecule has 0 bridgehead atoms. The van der Waals surface area contributed by atoms with Crippen LogP contribution in [0.2, 0.25) is 0 Å². The number of allylic oxidation sites excluding steroid dienone is 2. The molecule has 0 unspecified atom stereocenters. The van der Waals surface area contributed by atoms with Gasteiger partial charge in [-0.15, -0.1) is 0 Å². The van der Waals surface area contributed by atoms with Crippen LogP contribution < -0.4 is 0 Å². The molecule has 0 heterocycles. The van der Waals surface area contributed by atoms with Gasteiger partial charge in [-0.05, 0) is 55.4 Å². The Morgan fingerprint density at radius 2 is 1.25 bits per heavy atom. The first kappa shape index (κ1) is 32.0. The van der Waals surface area contributed by atoms with Crippen molar-refractivity contribution in [1.29, 1.82) is 0 Å². The first-order valence-electron chi connectivity index (χ1n) is 13.4. The molecule has 36 heavy (non-hydrogen) atoms. The van der Waals surface area contributed by atoms with Gasteiger partial charge in [0.05, 0.1) is 5.56 Å². The Morgan fingerprint density at radius 3 is 1.83 bits per heavy atom. The van der Waals surface area contributed by atoms with E-state index in [4.69, 9.17) is 14.7 Å². The third-order valence-electron chi connectivity index (χ3n) is 6.07. The van der Waals surface area contributed by atoms with Gasteiger partial charge in [0.25, 0.3) is 0 Å². The lowest BCUT2D eigenvalue weighted by Crippen LogP contribution is -2.00. The predicted molar refractivity (Wildman–Crippen MR) is 151 cm³/mol. The number of hydrogen-bond donors (Lipinski definition) is 4. The molecular formula is C30H45O5P. The van der Waals surface area contributed by atoms with Crippen LogP contribution in [0, 0.1) is 0 Å². The smallest absolute Gasteiger partial charge is 0.324 e. The second-order valence-electron chi connectivity index (χ2n) is 9.12. The van der Waals surface area contributed by atoms with Gasteiger partial charge in [-0.3, -0.25) is 4.79 Å². The summed E-state index contributed by atoms with van der Waals surface area (Å²) in [4.78, 5) is 34.3. The standard InChI is InChI=1S/C30H42O2.H3O3P/c1-2-3-4-5-6-7-8-9-10-11-12-13-14-15-19-22-29(31)28-25-27(23-24-30(28)32)26-20-17-16-18-21-26;1-4(2)3/h9-10,16-18,20-21,23-25,32H,2-8,11-15,19,22H2,1H3;1-3H. The van der Waals surface area contributed by atoms with Crippen LogP contribution in [-0.2, 0) is 0 Å². The van der Waals surface area contributed by atoms with E-state index in [1.54, 1.807) is 6.07 Å². The van der Waals surface area contributed by atoms with Gasteiger partial charge in [0.15, 0.2) is 5.78 Å². The van der Waals surface area contributed by atoms with Crippen molar-refractivity contribution in [2.75, 3.05) is 0 Å². The van der Waals surface area contributed by atoms with Crippen LogP contribution >= 0.6 is 8.60 Å². The molecule has 4 N–H and O–H groups in total. The van der Waals surface area contributed by atoms with E-state index in [9.17, 15) is 9.90 Å². The molecule has 0 atom stereocenters. The predicted octanol–water partition coefficient (Wildman–Crippen LogP) is 8.47. The number of unbranched alkanes of at least 4 members (excludes halogenated alkanes) is 11. The molecule has 2 aromatic carbocycles. The van der Waals surface area contributed by atoms with Gasteiger partial charge in [-0.25, -0.2) is 0 Å². The van der Waals surface area contributed by atoms with Crippen molar-refractivity contribution in [1.82, 2.24) is 0 Å². The maximum atomic E-state index is 12.6. The van der Waals surface area contributed by atoms with Gasteiger partial charge in [0, 0.05) is 6.42 Å². The van der Waals surface area contributed by atoms with Crippen molar-refractivity contribution < 1.29 is 24.6 Å². The number of ketones is 1. The fraction of sp³-hybridized carbons (Fsp3) is 0.500. The van der Waals surface area contributed by atoms with Gasteiger partial charge in [0.1, 0.15) is 5.75 Å². The molecular weight excluding hydrogens is 471 g/mol. The third kappa shape index (κ3) is 15.9. The second kappa shape index (κ2) is 21.1. The first-order chi connectivity index (χ1) is 17.5. The molecule has 2 rings (SSSR count). The van der Waals surface area contributed by atoms with Gasteiger partial charge >= 0.3 is 8.60 Å². The summed E-state index contributed by atoms with van der Waals surface area (Å²) >= 11 is 0. The van der Waals surface area contributed by atoms with Crippen molar-refractivity contribution >= 4 is 14.4 Å². The topological polar surface area (TPSA) is 98.0 Å². The van der Waals surface area contributed by atoms with Crippen LogP contribution in [0.5, 0.6) is 5.75 Å². The van der Waals surface area contributed by atoms with E-state index < -0.39 is 8.60 Å². The Kier molecular flexibility index (Phi) is 18.7. The lowest BCUT2D eigenvalue weighted by molar-refractivity contribution is 0.0976. The zero-order valence-electron chi connectivity index (χ0n) is 21.8. The van der Waals surface area contributed by atoms with Crippen molar-refractivity contribution in [3.63, 3.8) is 0 Å². The summed E-state index contributed by atoms with van der Waals surface area (Å²) in [6.45, 7) is 2.26. The SMILES string of the molecule is CCCCCCCCC=CCCCCCCCC(=O)c1cc(-c2ccccc2)ccc1O.OP(O)O. The van der Waals surface area contributed by atoms with Crippen LogP contribution in [0.1, 0.15) is 107 Å². The molecule has 2 aromatic rings. The van der Waals surface area contributed by atoms with Gasteiger partial charge in [-0.1, -0.05) is 107 Å². The average molecular weight is 517 g/mol. The van der Waals surface area contributed by atoms with E-state index >= 15 is 0 Å². The fourth-order valence-corrected chi connectivity index (χ4v) is 4.06. The van der Waals surface area contributed by atoms with Crippen LogP contribution in [0.25, 0.3) is 11.1 Å². The van der Waals surface area contributed by atoms with E-state index in [-0.39, 0.29) is 11.5 Å². The zero-order valence-corrected chi connectivity index (χ0v) is 22.7. The molecule has 0 saturated carbocycles. The molecule has 6 heteroatoms. The van der Waals surface area contributed by atoms with E-state index in [0.717, 1.165) is 24.0 Å². The van der Waals surface area contributed by atoms with E-state index in [2.05, 4.69) is 19.1 Å². The molecule has 0 amide bonds. The Labute approximate surface area is 218 Å². The number of rotatable bonds is 17. The summed E-state index contributed by atoms with van der Waals surface area (Å²) in [5.74, 6) is 0.125. The molecule has 5 nitrogen and oxygen atoms in total. The molecule has 0 aliphatic rings. The van der Waals surface area contributed by atoms with Gasteiger partial charge in [-0.2, -0.15) is 0 Å². The van der Waals surface area contributed by atoms with Crippen LogP contribution in [0.3, 0.4) is 0 Å². The average Bonchev–Trinajstić information content (AvgIpc) is 2.86. The Balaban J connectivity index is 0.00000150. The maximum Gasteiger partial charge on any atom is 0.324 e. The number of aromatic hydroxyl groups is 1. The highest BCUT2D eigenvalue weighted by Gasteiger charge is 2.12. The minimum Gasteiger partial charge on any atom is -0.507 e. The quantitative estimate of drug-likeness (QED) is 0.0731. The first-order valence-corrected chi connectivity index (χ1v) is 14.6. The highest BCUT2D eigenvalue weighted by atomic mass is 31.2. The largest absolute Gasteiger partial charge is 0.507 e. The summed E-state index contributed by atoms with van der Waals surface area (Å²) < 4.78 is 0. The van der Waals surface area contributed by atoms with Crippen LogP contribution in [-0.4, -0.2) is 25.6 Å². The van der Waals surface area contributed by atoms with E-state index in [0.29, 0.717) is 12.0 Å². The highest BCUT2D eigenvalue weighted by molar-refractivity contribution is 7.38. The second-order valence-corrected chi connectivity index (χ2v) is 9.66. The number of carbonyl (C=O) groups is 1. The van der Waals surface area contributed by atoms with Crippen molar-refractivity contribution in [2.24, 2.45) is 0 Å². The number of phenolic OH excluding ortho intramolecular Hbond substituents is 1. The van der Waals surface area contributed by atoms with Gasteiger partial charge < -0.3 is 19.8 Å². The molecule has 200 valence electrons. The molecule has 0 spiro atoms. The zero-order chi connectivity index (χ0) is 26.4. The fourth-order valence-electron chi connectivity index (χ4n) is 4.06. The molecule has 0 fully saturated rings. The Hall–Kier alpha value is -2.04. The molecule has 0 saturated heterocycles. The number of hydrogen-bond acceptors (Lipinski definition) is 5. The van der Waals surface area contributed by atoms with Gasteiger partial charge in [0.2, 0.25) is 0 Å². The minimum absolute atomic E-state index is 0.0397. The summed E-state index contributed by atoms with van der Waals surface area (Å²) in [5.41, 5.74) is 2.47. The Morgan fingerprint density at radius 1 is 0.722 bits per heavy atom. The number of benzene rings is 2. The normalized spacial score (nSPS) is 11.0. The minimum atomic E-state index is -2.62. The number of phenols is 1. The van der Waals surface area contributed by atoms with Crippen molar-refractivity contribution in [2.45, 2.75) is 96.8 Å². The van der Waals surface area contributed by atoms with Crippen LogP contribution in [0.4, 0.5) is 0 Å². The highest BCUT2D eigenvalue weighted by Crippen LogP contribution is 2.27. The van der Waals surface area contributed by atoms with E-state index in [1.165, 1.54) is 70.6 Å². The summed E-state index contributed by atoms with van der Waals surface area (Å²) in [6, 6.07) is 15.3. The van der Waals surface area contributed by atoms with E-state index in [1.807, 2.05) is 42.5 Å². The molecule has 0 aliphatic heterocycles. The molecule has 0 radical (unpaired) electrons. The van der Waals surface area contributed by atoms with Crippen molar-refractivity contribution in [3.05, 3.63) is 66.2 Å². The lowest BCUT2D eigenvalue weighted by Gasteiger charge is -2.08. The van der Waals surface area contributed by atoms with Crippen LogP contribution in [0.15, 0.2) is 60.7 Å². The molecule has 0 aromatic heterocycles. The third-order valence-corrected chi connectivity index (χ3v) is 6.07. The summed E-state index contributed by atoms with van der Waals surface area (Å²) in [6.07, 6.45) is 21.4. The Bertz CT molecular complexity index is 849. The summed E-state index contributed by atoms with van der Waals surface area (Å²) in [5, 5.41) is 10.2.